The Hall–Kier alpha value is -2.65. The number of carbonyl (C=O) groups excluding carboxylic acids is 1. The summed E-state index contributed by atoms with van der Waals surface area (Å²) in [5, 5.41) is 0. The van der Waals surface area contributed by atoms with Crippen LogP contribution in [0.25, 0.3) is 0 Å². The average Bonchev–Trinajstić information content (AvgIpc) is 2.71. The van der Waals surface area contributed by atoms with Gasteiger partial charge < -0.3 is 14.4 Å². The van der Waals surface area contributed by atoms with Crippen LogP contribution in [0.2, 0.25) is 0 Å². The van der Waals surface area contributed by atoms with E-state index < -0.39 is 28.3 Å². The zero-order valence-electron chi connectivity index (χ0n) is 16.2. The molecule has 2 rings (SSSR count). The highest BCUT2D eigenvalue weighted by molar-refractivity contribution is 7.89. The summed E-state index contributed by atoms with van der Waals surface area (Å²) in [6, 6.07) is 10.0. The highest BCUT2D eigenvalue weighted by Crippen LogP contribution is 2.27. The molecule has 9 heteroatoms. The van der Waals surface area contributed by atoms with Crippen molar-refractivity contribution in [1.29, 1.82) is 0 Å². The fourth-order valence-corrected chi connectivity index (χ4v) is 4.13. The molecule has 0 N–H and O–H groups in total. The van der Waals surface area contributed by atoms with Gasteiger partial charge in [0.05, 0.1) is 20.8 Å². The summed E-state index contributed by atoms with van der Waals surface area (Å²) in [6.07, 6.45) is 0. The fraction of sp³-hybridized carbons (Fsp3) is 0.316. The minimum Gasteiger partial charge on any atom is -0.497 e. The molecule has 0 aliphatic heterocycles. The van der Waals surface area contributed by atoms with E-state index in [2.05, 4.69) is 0 Å². The van der Waals surface area contributed by atoms with Crippen molar-refractivity contribution in [2.75, 3.05) is 39.3 Å². The molecule has 0 spiro atoms. The van der Waals surface area contributed by atoms with E-state index in [9.17, 15) is 17.6 Å². The molecule has 0 aromatic heterocycles. The SMILES string of the molecule is CCN(CC(=O)N(C)c1ccc(OC)cc1)S(=O)(=O)c1cc(F)ccc1OC. The molecule has 0 unspecified atom stereocenters. The Morgan fingerprint density at radius 3 is 2.25 bits per heavy atom. The van der Waals surface area contributed by atoms with Crippen LogP contribution in [-0.2, 0) is 14.8 Å². The number of ether oxygens (including phenoxy) is 2. The Morgan fingerprint density at radius 1 is 1.07 bits per heavy atom. The summed E-state index contributed by atoms with van der Waals surface area (Å²) in [6.45, 7) is 1.23. The van der Waals surface area contributed by atoms with E-state index in [1.165, 1.54) is 25.2 Å². The summed E-state index contributed by atoms with van der Waals surface area (Å²) >= 11 is 0. The van der Waals surface area contributed by atoms with Crippen LogP contribution >= 0.6 is 0 Å². The molecule has 152 valence electrons. The molecule has 0 radical (unpaired) electrons. The smallest absolute Gasteiger partial charge is 0.247 e. The average molecular weight is 410 g/mol. The molecule has 2 aromatic rings. The third-order valence-electron chi connectivity index (χ3n) is 4.24. The van der Waals surface area contributed by atoms with Gasteiger partial charge in [0.25, 0.3) is 0 Å². The maximum atomic E-state index is 13.6. The van der Waals surface area contributed by atoms with Gasteiger partial charge in [-0.15, -0.1) is 0 Å². The molecule has 0 bridgehead atoms. The number of carbonyl (C=O) groups is 1. The van der Waals surface area contributed by atoms with Crippen LogP contribution in [0.5, 0.6) is 11.5 Å². The Bertz CT molecular complexity index is 932. The molecule has 2 aromatic carbocycles. The first-order chi connectivity index (χ1) is 13.2. The Kier molecular flexibility index (Phi) is 6.98. The van der Waals surface area contributed by atoms with Gasteiger partial charge in [0.1, 0.15) is 22.2 Å². The van der Waals surface area contributed by atoms with Crippen molar-refractivity contribution >= 4 is 21.6 Å². The lowest BCUT2D eigenvalue weighted by Gasteiger charge is -2.24. The molecule has 1 amide bonds. The van der Waals surface area contributed by atoms with E-state index in [-0.39, 0.29) is 17.2 Å². The highest BCUT2D eigenvalue weighted by atomic mass is 32.2. The van der Waals surface area contributed by atoms with Crippen molar-refractivity contribution in [3.8, 4) is 11.5 Å². The second-order valence-corrected chi connectivity index (χ2v) is 7.78. The lowest BCUT2D eigenvalue weighted by atomic mass is 10.3. The number of amides is 1. The van der Waals surface area contributed by atoms with E-state index in [4.69, 9.17) is 9.47 Å². The number of anilines is 1. The van der Waals surface area contributed by atoms with Gasteiger partial charge in [0.2, 0.25) is 15.9 Å². The van der Waals surface area contributed by atoms with Crippen molar-refractivity contribution in [2.45, 2.75) is 11.8 Å². The third kappa shape index (κ3) is 4.60. The molecule has 28 heavy (non-hydrogen) atoms. The lowest BCUT2D eigenvalue weighted by molar-refractivity contribution is -0.118. The molecule has 0 aliphatic carbocycles. The zero-order valence-corrected chi connectivity index (χ0v) is 17.0. The number of nitrogens with zero attached hydrogens (tertiary/aromatic N) is 2. The van der Waals surface area contributed by atoms with E-state index in [1.54, 1.807) is 38.2 Å². The van der Waals surface area contributed by atoms with Gasteiger partial charge in [-0.3, -0.25) is 4.79 Å². The van der Waals surface area contributed by atoms with E-state index in [1.807, 2.05) is 0 Å². The predicted octanol–water partition coefficient (Wildman–Crippen LogP) is 2.52. The van der Waals surface area contributed by atoms with Gasteiger partial charge in [-0.05, 0) is 42.5 Å². The van der Waals surface area contributed by atoms with E-state index in [0.717, 1.165) is 16.4 Å². The minimum atomic E-state index is -4.14. The van der Waals surface area contributed by atoms with Crippen LogP contribution in [-0.4, -0.2) is 53.0 Å². The normalized spacial score (nSPS) is 11.4. The van der Waals surface area contributed by atoms with Gasteiger partial charge in [0.15, 0.2) is 0 Å². The van der Waals surface area contributed by atoms with Crippen LogP contribution in [0.1, 0.15) is 6.92 Å². The summed E-state index contributed by atoms with van der Waals surface area (Å²) in [5.74, 6) is -0.501. The van der Waals surface area contributed by atoms with Crippen molar-refractivity contribution in [1.82, 2.24) is 4.31 Å². The number of likely N-dealkylation sites (N-methyl/N-ethyl adjacent to an activating group) is 2. The number of benzene rings is 2. The Morgan fingerprint density at radius 2 is 1.71 bits per heavy atom. The molecule has 0 fully saturated rings. The minimum absolute atomic E-state index is 0.0100. The lowest BCUT2D eigenvalue weighted by Crippen LogP contribution is -2.41. The Balaban J connectivity index is 2.26. The van der Waals surface area contributed by atoms with Crippen LogP contribution < -0.4 is 14.4 Å². The van der Waals surface area contributed by atoms with E-state index >= 15 is 0 Å². The second-order valence-electron chi connectivity index (χ2n) is 5.88. The van der Waals surface area contributed by atoms with Crippen LogP contribution in [0.15, 0.2) is 47.4 Å². The van der Waals surface area contributed by atoms with Gasteiger partial charge >= 0.3 is 0 Å². The zero-order chi connectivity index (χ0) is 20.9. The predicted molar refractivity (Wildman–Crippen MR) is 104 cm³/mol. The summed E-state index contributed by atoms with van der Waals surface area (Å²) < 4.78 is 50.7. The maximum Gasteiger partial charge on any atom is 0.247 e. The fourth-order valence-electron chi connectivity index (χ4n) is 2.56. The molecular weight excluding hydrogens is 387 g/mol. The summed E-state index contributed by atoms with van der Waals surface area (Å²) in [5.41, 5.74) is 0.586. The quantitative estimate of drug-likeness (QED) is 0.668. The molecule has 0 atom stereocenters. The molecule has 0 aliphatic rings. The molecule has 0 saturated heterocycles. The molecule has 0 saturated carbocycles. The van der Waals surface area contributed by atoms with Gasteiger partial charge in [-0.25, -0.2) is 12.8 Å². The summed E-state index contributed by atoms with van der Waals surface area (Å²) in [4.78, 5) is 13.7. The van der Waals surface area contributed by atoms with Crippen molar-refractivity contribution in [2.24, 2.45) is 0 Å². The van der Waals surface area contributed by atoms with Gasteiger partial charge in [0, 0.05) is 19.3 Å². The van der Waals surface area contributed by atoms with Crippen molar-refractivity contribution in [3.05, 3.63) is 48.3 Å². The third-order valence-corrected chi connectivity index (χ3v) is 6.18. The van der Waals surface area contributed by atoms with E-state index in [0.29, 0.717) is 11.4 Å². The first kappa shape index (κ1) is 21.6. The highest BCUT2D eigenvalue weighted by Gasteiger charge is 2.30. The standard InChI is InChI=1S/C19H23FN2O5S/c1-5-22(28(24,25)18-12-14(20)6-11-17(18)27-4)13-19(23)21(2)15-7-9-16(26-3)10-8-15/h6-12H,5,13H2,1-4H3. The largest absolute Gasteiger partial charge is 0.497 e. The summed E-state index contributed by atoms with van der Waals surface area (Å²) in [7, 11) is 0.245. The van der Waals surface area contributed by atoms with Crippen molar-refractivity contribution < 1.29 is 27.1 Å². The number of methoxy groups -OCH3 is 2. The van der Waals surface area contributed by atoms with Crippen LogP contribution in [0.3, 0.4) is 0 Å². The first-order valence-electron chi connectivity index (χ1n) is 8.48. The van der Waals surface area contributed by atoms with Crippen LogP contribution in [0.4, 0.5) is 10.1 Å². The number of hydrogen-bond acceptors (Lipinski definition) is 5. The van der Waals surface area contributed by atoms with Gasteiger partial charge in [-0.2, -0.15) is 4.31 Å². The monoisotopic (exact) mass is 410 g/mol. The molecule has 7 nitrogen and oxygen atoms in total. The Labute approximate surface area is 164 Å². The number of sulfonamides is 1. The van der Waals surface area contributed by atoms with Gasteiger partial charge in [-0.1, -0.05) is 6.92 Å². The second kappa shape index (κ2) is 9.03. The number of halogens is 1. The maximum absolute atomic E-state index is 13.6. The number of hydrogen-bond donors (Lipinski definition) is 0. The topological polar surface area (TPSA) is 76.2 Å². The molecular formula is C19H23FN2O5S. The molecule has 0 heterocycles. The van der Waals surface area contributed by atoms with Crippen molar-refractivity contribution in [3.63, 3.8) is 0 Å². The number of rotatable bonds is 8. The van der Waals surface area contributed by atoms with Crippen LogP contribution in [0, 0.1) is 5.82 Å². The first-order valence-corrected chi connectivity index (χ1v) is 9.92.